The van der Waals surface area contributed by atoms with Crippen LogP contribution in [0.4, 0.5) is 0 Å². The Morgan fingerprint density at radius 1 is 0.690 bits per heavy atom. The van der Waals surface area contributed by atoms with Crippen LogP contribution in [0.2, 0.25) is 0 Å². The summed E-state index contributed by atoms with van der Waals surface area (Å²) in [6, 6.07) is -0.828. The molecule has 5 nitrogen and oxygen atoms in total. The number of nitrogens with one attached hydrogen (secondary N) is 2. The Balaban J connectivity index is 3.43. The molecular formula is C24H48N2O3. The van der Waals surface area contributed by atoms with Gasteiger partial charge in [0.2, 0.25) is 11.8 Å². The first-order valence-electron chi connectivity index (χ1n) is 12.3. The van der Waals surface area contributed by atoms with E-state index < -0.39 is 6.04 Å². The fourth-order valence-electron chi connectivity index (χ4n) is 3.49. The Morgan fingerprint density at radius 3 is 1.55 bits per heavy atom. The van der Waals surface area contributed by atoms with Gasteiger partial charge >= 0.3 is 0 Å². The zero-order valence-electron chi connectivity index (χ0n) is 19.3. The van der Waals surface area contributed by atoms with E-state index >= 15 is 0 Å². The molecule has 0 saturated carbocycles. The van der Waals surface area contributed by atoms with Crippen molar-refractivity contribution < 1.29 is 14.7 Å². The van der Waals surface area contributed by atoms with Crippen molar-refractivity contribution in [1.29, 1.82) is 0 Å². The van der Waals surface area contributed by atoms with Crippen molar-refractivity contribution in [2.45, 2.75) is 129 Å². The van der Waals surface area contributed by atoms with Crippen LogP contribution in [0.5, 0.6) is 0 Å². The lowest BCUT2D eigenvalue weighted by Crippen LogP contribution is -2.49. The third-order valence-corrected chi connectivity index (χ3v) is 5.39. The first-order chi connectivity index (χ1) is 14.2. The highest BCUT2D eigenvalue weighted by Crippen LogP contribution is 2.13. The zero-order valence-corrected chi connectivity index (χ0v) is 19.3. The maximum Gasteiger partial charge on any atom is 0.244 e. The summed E-state index contributed by atoms with van der Waals surface area (Å²) in [6.07, 6.45) is 20.7. The van der Waals surface area contributed by atoms with Gasteiger partial charge in [0.05, 0.1) is 6.61 Å². The van der Waals surface area contributed by atoms with Gasteiger partial charge in [-0.15, -0.1) is 0 Å². The predicted octanol–water partition coefficient (Wildman–Crippen LogP) is 5.25. The highest BCUT2D eigenvalue weighted by atomic mass is 16.3. The first kappa shape index (κ1) is 27.9. The van der Waals surface area contributed by atoms with Gasteiger partial charge in [-0.1, -0.05) is 104 Å². The highest BCUT2D eigenvalue weighted by Gasteiger charge is 2.18. The summed E-state index contributed by atoms with van der Waals surface area (Å²) in [5, 5.41) is 14.6. The van der Waals surface area contributed by atoms with Crippen molar-refractivity contribution in [2.75, 3.05) is 13.2 Å². The van der Waals surface area contributed by atoms with Crippen molar-refractivity contribution in [3.05, 3.63) is 0 Å². The van der Waals surface area contributed by atoms with Crippen LogP contribution >= 0.6 is 0 Å². The molecule has 0 aliphatic heterocycles. The summed E-state index contributed by atoms with van der Waals surface area (Å²) < 4.78 is 0. The molecule has 29 heavy (non-hydrogen) atoms. The van der Waals surface area contributed by atoms with Gasteiger partial charge in [0.15, 0.2) is 0 Å². The molecule has 0 bridgehead atoms. The number of amides is 2. The largest absolute Gasteiger partial charge is 0.394 e. The molecule has 0 aromatic heterocycles. The normalized spacial score (nSPS) is 12.0. The van der Waals surface area contributed by atoms with Gasteiger partial charge in [0.1, 0.15) is 6.04 Å². The Kier molecular flexibility index (Phi) is 20.8. The number of aliphatic hydroxyl groups is 1. The molecule has 5 heteroatoms. The average molecular weight is 413 g/mol. The van der Waals surface area contributed by atoms with E-state index in [1.54, 1.807) is 0 Å². The molecular weight excluding hydrogens is 364 g/mol. The third-order valence-electron chi connectivity index (χ3n) is 5.39. The first-order valence-corrected chi connectivity index (χ1v) is 12.3. The number of hydrogen-bond acceptors (Lipinski definition) is 3. The number of carbonyl (C=O) groups excluding carboxylic acids is 2. The van der Waals surface area contributed by atoms with Crippen LogP contribution in [0.3, 0.4) is 0 Å². The van der Waals surface area contributed by atoms with Crippen LogP contribution in [0, 0.1) is 0 Å². The van der Waals surface area contributed by atoms with E-state index in [9.17, 15) is 14.7 Å². The van der Waals surface area contributed by atoms with Crippen molar-refractivity contribution in [1.82, 2.24) is 10.6 Å². The topological polar surface area (TPSA) is 78.4 Å². The van der Waals surface area contributed by atoms with Gasteiger partial charge in [0.25, 0.3) is 0 Å². The Morgan fingerprint density at radius 2 is 1.14 bits per heavy atom. The minimum Gasteiger partial charge on any atom is -0.394 e. The minimum atomic E-state index is -0.828. The van der Waals surface area contributed by atoms with Crippen LogP contribution in [0.25, 0.3) is 0 Å². The number of rotatable bonds is 21. The summed E-state index contributed by atoms with van der Waals surface area (Å²) in [5.74, 6) is -0.454. The van der Waals surface area contributed by atoms with Crippen LogP contribution in [0.15, 0.2) is 0 Å². The molecule has 0 radical (unpaired) electrons. The molecule has 0 heterocycles. The smallest absolute Gasteiger partial charge is 0.244 e. The molecule has 0 spiro atoms. The maximum atomic E-state index is 11.9. The van der Waals surface area contributed by atoms with Gasteiger partial charge in [0, 0.05) is 13.0 Å². The second-order valence-corrected chi connectivity index (χ2v) is 8.29. The van der Waals surface area contributed by atoms with Crippen LogP contribution < -0.4 is 10.6 Å². The van der Waals surface area contributed by atoms with Crippen molar-refractivity contribution >= 4 is 11.8 Å². The second-order valence-electron chi connectivity index (χ2n) is 8.29. The fourth-order valence-corrected chi connectivity index (χ4v) is 3.49. The molecule has 0 unspecified atom stereocenters. The molecule has 0 rings (SSSR count). The molecule has 3 N–H and O–H groups in total. The van der Waals surface area contributed by atoms with Gasteiger partial charge in [-0.3, -0.25) is 9.59 Å². The predicted molar refractivity (Wildman–Crippen MR) is 122 cm³/mol. The summed E-state index contributed by atoms with van der Waals surface area (Å²) in [6.45, 7) is 4.43. The quantitative estimate of drug-likeness (QED) is 0.225. The van der Waals surface area contributed by atoms with Gasteiger partial charge in [-0.2, -0.15) is 0 Å². The van der Waals surface area contributed by atoms with E-state index in [0.29, 0.717) is 13.0 Å². The molecule has 2 amide bonds. The monoisotopic (exact) mass is 412 g/mol. The molecule has 172 valence electrons. The molecule has 0 aromatic rings. The standard InChI is InChI=1S/C24H48N2O3/c1-3-5-6-7-8-9-10-11-12-13-14-15-16-17-18-19-23(28)26-22(21-27)24(29)25-20-4-2/h22,27H,3-21H2,1-2H3,(H,25,29)(H,26,28)/t22-/m0/s1. The number of hydrogen-bond donors (Lipinski definition) is 3. The summed E-state index contributed by atoms with van der Waals surface area (Å²) >= 11 is 0. The number of aliphatic hydroxyl groups excluding tert-OH is 1. The van der Waals surface area contributed by atoms with Crippen molar-refractivity contribution in [3.8, 4) is 0 Å². The van der Waals surface area contributed by atoms with Crippen molar-refractivity contribution in [3.63, 3.8) is 0 Å². The zero-order chi connectivity index (χ0) is 21.6. The Bertz CT molecular complexity index is 388. The summed E-state index contributed by atoms with van der Waals surface area (Å²) in [5.41, 5.74) is 0. The van der Waals surface area contributed by atoms with Crippen LogP contribution in [0.1, 0.15) is 123 Å². The van der Waals surface area contributed by atoms with E-state index in [0.717, 1.165) is 19.3 Å². The van der Waals surface area contributed by atoms with E-state index in [4.69, 9.17) is 0 Å². The fraction of sp³-hybridized carbons (Fsp3) is 0.917. The summed E-state index contributed by atoms with van der Waals surface area (Å²) in [7, 11) is 0. The number of unbranched alkanes of at least 4 members (excludes halogenated alkanes) is 14. The molecule has 0 aromatic carbocycles. The van der Waals surface area contributed by atoms with Gasteiger partial charge in [-0.25, -0.2) is 0 Å². The molecule has 1 atom stereocenters. The van der Waals surface area contributed by atoms with Gasteiger partial charge < -0.3 is 15.7 Å². The average Bonchev–Trinajstić information content (AvgIpc) is 2.72. The summed E-state index contributed by atoms with van der Waals surface area (Å²) in [4.78, 5) is 23.7. The van der Waals surface area contributed by atoms with Crippen LogP contribution in [-0.4, -0.2) is 36.1 Å². The lowest BCUT2D eigenvalue weighted by atomic mass is 10.0. The second kappa shape index (κ2) is 21.6. The lowest BCUT2D eigenvalue weighted by molar-refractivity contribution is -0.130. The Labute approximate surface area is 179 Å². The maximum absolute atomic E-state index is 11.9. The highest BCUT2D eigenvalue weighted by molar-refractivity contribution is 5.87. The van der Waals surface area contributed by atoms with Gasteiger partial charge in [-0.05, 0) is 12.8 Å². The lowest BCUT2D eigenvalue weighted by Gasteiger charge is -2.15. The van der Waals surface area contributed by atoms with Crippen molar-refractivity contribution in [2.24, 2.45) is 0 Å². The molecule has 0 fully saturated rings. The van der Waals surface area contributed by atoms with Crippen LogP contribution in [-0.2, 0) is 9.59 Å². The van der Waals surface area contributed by atoms with E-state index in [1.165, 1.54) is 83.5 Å². The van der Waals surface area contributed by atoms with E-state index in [1.807, 2.05) is 6.92 Å². The molecule has 0 saturated heterocycles. The third kappa shape index (κ3) is 18.7. The Hall–Kier alpha value is -1.10. The minimum absolute atomic E-state index is 0.148. The van der Waals surface area contributed by atoms with E-state index in [-0.39, 0.29) is 18.4 Å². The number of carbonyl (C=O) groups is 2. The SMILES string of the molecule is CCCCCCCCCCCCCCCCCC(=O)N[C@@H](CO)C(=O)NCCC. The van der Waals surface area contributed by atoms with E-state index in [2.05, 4.69) is 17.6 Å². The molecule has 0 aliphatic carbocycles. The molecule has 0 aliphatic rings.